The summed E-state index contributed by atoms with van der Waals surface area (Å²) in [6, 6.07) is -1.71. The minimum Gasteiger partial charge on any atom is -0.393 e. The van der Waals surface area contributed by atoms with Crippen LogP contribution in [-0.2, 0) is 49.6 Å². The molecule has 1 fully saturated rings. The number of aliphatic hydroxyl groups is 1. The van der Waals surface area contributed by atoms with E-state index in [2.05, 4.69) is 54.8 Å². The van der Waals surface area contributed by atoms with Crippen LogP contribution in [0.25, 0.3) is 0 Å². The first-order chi connectivity index (χ1) is 33.9. The molecule has 23 heteroatoms. The Morgan fingerprint density at radius 3 is 1.66 bits per heavy atom. The quantitative estimate of drug-likeness (QED) is 0.0493. The number of hydrogen-bond acceptors (Lipinski definition) is 14. The third-order valence-electron chi connectivity index (χ3n) is 11.9. The molecular formula is C48H83N13O10. The molecule has 0 radical (unpaired) electrons. The first-order valence-corrected chi connectivity index (χ1v) is 25.1. The van der Waals surface area contributed by atoms with Crippen LogP contribution >= 0.6 is 0 Å². The van der Waals surface area contributed by atoms with E-state index in [1.165, 1.54) is 0 Å². The first kappa shape index (κ1) is 61.4. The molecule has 2 rings (SSSR count). The maximum Gasteiger partial charge on any atom is 0.244 e. The third kappa shape index (κ3) is 22.9. The first-order valence-electron chi connectivity index (χ1n) is 25.1. The zero-order chi connectivity index (χ0) is 52.9. The van der Waals surface area contributed by atoms with Crippen molar-refractivity contribution in [3.05, 3.63) is 35.9 Å². The van der Waals surface area contributed by atoms with Crippen LogP contribution in [0.4, 0.5) is 0 Å². The SMILES string of the molecule is CCCCCCC[C@@H](O)CC(=O)N[C@H](CN)C(=O)N[C@H]1CCNC(=O)[C@H](CC(C)C)NC(=O)[C@H](CCN)NC(=O)[C@H](CCN)NC(=O)[C@H](CC)NC(=O)[C@@H](Cc2ccccc2)NC(=O)[C@H](CCN)NC1=O. The van der Waals surface area contributed by atoms with Crippen LogP contribution in [0.2, 0.25) is 0 Å². The summed E-state index contributed by atoms with van der Waals surface area (Å²) in [6.07, 6.45) is 3.52. The van der Waals surface area contributed by atoms with Crippen LogP contribution in [0, 0.1) is 5.92 Å². The van der Waals surface area contributed by atoms with E-state index in [-0.39, 0.29) is 83.5 Å². The molecular weight excluding hydrogens is 919 g/mol. The molecule has 1 aromatic carbocycles. The van der Waals surface area contributed by atoms with Crippen LogP contribution in [-0.4, -0.2) is 145 Å². The molecule has 1 aliphatic heterocycles. The van der Waals surface area contributed by atoms with Gasteiger partial charge in [-0.2, -0.15) is 0 Å². The fraction of sp³-hybridized carbons (Fsp3) is 0.688. The second-order valence-electron chi connectivity index (χ2n) is 18.4. The fourth-order valence-electron chi connectivity index (χ4n) is 7.84. The second kappa shape index (κ2) is 33.8. The van der Waals surface area contributed by atoms with Gasteiger partial charge in [0.1, 0.15) is 48.3 Å². The highest BCUT2D eigenvalue weighted by Gasteiger charge is 2.35. The standard InChI is InChI=1S/C48H83N13O10/c1-5-7-8-9-13-16-31(62)27-40(63)54-39(28-52)48(71)59-36-20-24-53-41(64)37(25-29(3)4)60-44(67)34(18-22-50)57-43(66)33(17-21-49)56-42(65)32(6-2)55-47(70)38(26-30-14-11-10-12-15-30)61-45(68)35(19-23-51)58-46(36)69/h10-12,14-15,29,31-39,62H,5-9,13,16-28,49-52H2,1-4H3,(H,53,64)(H,54,63)(H,55,70)(H,56,65)(H,57,66)(H,58,69)(H,59,71)(H,60,67)(H,61,68)/t31-,32+,33+,34+,35+,36+,37+,38-,39-/m1/s1. The summed E-state index contributed by atoms with van der Waals surface area (Å²) in [5, 5.41) is 34.2. The van der Waals surface area contributed by atoms with Gasteiger partial charge in [-0.25, -0.2) is 0 Å². The Labute approximate surface area is 417 Å². The lowest BCUT2D eigenvalue weighted by molar-refractivity contribution is -0.136. The number of carbonyl (C=O) groups excluding carboxylic acids is 9. The van der Waals surface area contributed by atoms with Crippen molar-refractivity contribution < 1.29 is 48.3 Å². The molecule has 0 aromatic heterocycles. The van der Waals surface area contributed by atoms with Gasteiger partial charge in [0.15, 0.2) is 0 Å². The molecule has 23 nitrogen and oxygen atoms in total. The monoisotopic (exact) mass is 1000 g/mol. The molecule has 0 bridgehead atoms. The van der Waals surface area contributed by atoms with Crippen LogP contribution in [0.5, 0.6) is 0 Å². The summed E-state index contributed by atoms with van der Waals surface area (Å²) < 4.78 is 0. The summed E-state index contributed by atoms with van der Waals surface area (Å²) in [5.74, 6) is -7.08. The highest BCUT2D eigenvalue weighted by atomic mass is 16.3. The summed E-state index contributed by atoms with van der Waals surface area (Å²) in [7, 11) is 0. The van der Waals surface area contributed by atoms with Gasteiger partial charge in [-0.3, -0.25) is 43.2 Å². The lowest BCUT2D eigenvalue weighted by atomic mass is 10.0. The Balaban J connectivity index is 2.61. The zero-order valence-corrected chi connectivity index (χ0v) is 42.0. The molecule has 1 aliphatic rings. The van der Waals surface area contributed by atoms with Gasteiger partial charge in [-0.15, -0.1) is 0 Å². The van der Waals surface area contributed by atoms with Crippen molar-refractivity contribution in [2.75, 3.05) is 32.7 Å². The van der Waals surface area contributed by atoms with Gasteiger partial charge < -0.3 is 75.9 Å². The predicted molar refractivity (Wildman–Crippen MR) is 267 cm³/mol. The van der Waals surface area contributed by atoms with Crippen molar-refractivity contribution in [2.45, 2.75) is 172 Å². The molecule has 0 aliphatic carbocycles. The average Bonchev–Trinajstić information content (AvgIpc) is 3.33. The summed E-state index contributed by atoms with van der Waals surface area (Å²) in [5.41, 5.74) is 24.2. The Morgan fingerprint density at radius 1 is 0.648 bits per heavy atom. The fourth-order valence-corrected chi connectivity index (χ4v) is 7.84. The van der Waals surface area contributed by atoms with E-state index in [1.807, 2.05) is 13.8 Å². The normalized spacial score (nSPS) is 23.4. The van der Waals surface area contributed by atoms with Crippen LogP contribution in [0.3, 0.4) is 0 Å². The number of rotatable bonds is 23. The van der Waals surface area contributed by atoms with E-state index in [0.29, 0.717) is 12.0 Å². The van der Waals surface area contributed by atoms with E-state index >= 15 is 0 Å². The highest BCUT2D eigenvalue weighted by molar-refractivity contribution is 5.98. The minimum absolute atomic E-state index is 0.0450. The number of carbonyl (C=O) groups is 9. The van der Waals surface area contributed by atoms with Gasteiger partial charge in [0, 0.05) is 19.5 Å². The highest BCUT2D eigenvalue weighted by Crippen LogP contribution is 2.12. The van der Waals surface area contributed by atoms with Crippen LogP contribution < -0.4 is 70.8 Å². The van der Waals surface area contributed by atoms with Crippen LogP contribution in [0.1, 0.15) is 117 Å². The number of amides is 9. The van der Waals surface area contributed by atoms with Crippen molar-refractivity contribution in [1.29, 1.82) is 0 Å². The summed E-state index contributed by atoms with van der Waals surface area (Å²) in [6.45, 7) is 6.50. The van der Waals surface area contributed by atoms with Gasteiger partial charge in [0.2, 0.25) is 53.2 Å². The van der Waals surface area contributed by atoms with Gasteiger partial charge in [0.25, 0.3) is 0 Å². The minimum atomic E-state index is -1.48. The van der Waals surface area contributed by atoms with Crippen molar-refractivity contribution >= 4 is 53.2 Å². The smallest absolute Gasteiger partial charge is 0.244 e. The molecule has 1 heterocycles. The molecule has 9 amide bonds. The van der Waals surface area contributed by atoms with Crippen LogP contribution in [0.15, 0.2) is 30.3 Å². The van der Waals surface area contributed by atoms with Crippen molar-refractivity contribution in [3.63, 3.8) is 0 Å². The van der Waals surface area contributed by atoms with E-state index in [4.69, 9.17) is 22.9 Å². The number of nitrogens with one attached hydrogen (secondary N) is 9. The Hall–Kier alpha value is -5.75. The lowest BCUT2D eigenvalue weighted by Gasteiger charge is -2.27. The van der Waals surface area contributed by atoms with Gasteiger partial charge in [-0.1, -0.05) is 90.1 Å². The number of aliphatic hydroxyl groups excluding tert-OH is 1. The Morgan fingerprint density at radius 2 is 1.14 bits per heavy atom. The predicted octanol–water partition coefficient (Wildman–Crippen LogP) is -2.80. The molecule has 1 saturated heterocycles. The van der Waals surface area contributed by atoms with Crippen molar-refractivity contribution in [1.82, 2.24) is 47.9 Å². The van der Waals surface area contributed by atoms with Gasteiger partial charge in [-0.05, 0) is 76.1 Å². The maximum atomic E-state index is 14.2. The molecule has 0 spiro atoms. The Bertz CT molecular complexity index is 1860. The van der Waals surface area contributed by atoms with E-state index < -0.39 is 114 Å². The second-order valence-corrected chi connectivity index (χ2v) is 18.4. The molecule has 1 aromatic rings. The molecule has 0 saturated carbocycles. The lowest BCUT2D eigenvalue weighted by Crippen LogP contribution is -2.61. The number of unbranched alkanes of at least 4 members (excludes halogenated alkanes) is 4. The van der Waals surface area contributed by atoms with E-state index in [1.54, 1.807) is 37.3 Å². The van der Waals surface area contributed by atoms with Gasteiger partial charge >= 0.3 is 0 Å². The molecule has 18 N–H and O–H groups in total. The molecule has 400 valence electrons. The average molecular weight is 1000 g/mol. The summed E-state index contributed by atoms with van der Waals surface area (Å²) >= 11 is 0. The largest absolute Gasteiger partial charge is 0.393 e. The number of nitrogens with two attached hydrogens (primary N) is 4. The van der Waals surface area contributed by atoms with Crippen molar-refractivity contribution in [3.8, 4) is 0 Å². The maximum absolute atomic E-state index is 14.2. The number of benzene rings is 1. The van der Waals surface area contributed by atoms with E-state index in [9.17, 15) is 48.3 Å². The van der Waals surface area contributed by atoms with E-state index in [0.717, 1.165) is 32.1 Å². The Kier molecular flexibility index (Phi) is 29.2. The molecule has 71 heavy (non-hydrogen) atoms. The molecule has 9 atom stereocenters. The zero-order valence-electron chi connectivity index (χ0n) is 42.0. The molecule has 0 unspecified atom stereocenters. The van der Waals surface area contributed by atoms with Crippen molar-refractivity contribution in [2.24, 2.45) is 28.9 Å². The number of hydrogen-bond donors (Lipinski definition) is 14. The third-order valence-corrected chi connectivity index (χ3v) is 11.9. The topological polar surface area (TPSA) is 386 Å². The van der Waals surface area contributed by atoms with Gasteiger partial charge in [0.05, 0.1) is 12.5 Å². The summed E-state index contributed by atoms with van der Waals surface area (Å²) in [4.78, 5) is 124.